The minimum atomic E-state index is -0.533. The Balaban J connectivity index is 2.47. The van der Waals surface area contributed by atoms with Crippen molar-refractivity contribution in [2.75, 3.05) is 0 Å². The molecule has 2 nitrogen and oxygen atoms in total. The van der Waals surface area contributed by atoms with Gasteiger partial charge in [-0.25, -0.2) is 0 Å². The highest BCUT2D eigenvalue weighted by Crippen LogP contribution is 2.34. The molecule has 75 valence electrons. The first-order valence-electron chi connectivity index (χ1n) is 4.76. The molecule has 1 aromatic rings. The maximum Gasteiger partial charge on any atom is 0.205 e. The zero-order valence-corrected chi connectivity index (χ0v) is 8.89. The Morgan fingerprint density at radius 1 is 1.36 bits per heavy atom. The van der Waals surface area contributed by atoms with Crippen molar-refractivity contribution < 1.29 is 9.47 Å². The second-order valence-electron chi connectivity index (χ2n) is 4.20. The fraction of sp³-hybridized carbons (Fsp3) is 0.417. The molecule has 0 unspecified atom stereocenters. The van der Waals surface area contributed by atoms with Gasteiger partial charge in [0.2, 0.25) is 5.79 Å². The van der Waals surface area contributed by atoms with Crippen molar-refractivity contribution in [1.82, 2.24) is 0 Å². The summed E-state index contributed by atoms with van der Waals surface area (Å²) in [6.45, 7) is 10.5. The predicted octanol–water partition coefficient (Wildman–Crippen LogP) is 2.82. The van der Waals surface area contributed by atoms with Gasteiger partial charge in [0.05, 0.1) is 6.61 Å². The van der Waals surface area contributed by atoms with Crippen LogP contribution in [0.5, 0.6) is 5.75 Å². The SMILES string of the molecule is [CH2]c1cc(C)cc2c1OC(C)(C)OC2. The summed E-state index contributed by atoms with van der Waals surface area (Å²) in [7, 11) is 0. The maximum absolute atomic E-state index is 5.72. The number of ether oxygens (including phenoxy) is 2. The molecule has 0 amide bonds. The molecule has 1 radical (unpaired) electrons. The lowest BCUT2D eigenvalue weighted by molar-refractivity contribution is -0.180. The fourth-order valence-electron chi connectivity index (χ4n) is 1.69. The van der Waals surface area contributed by atoms with Crippen LogP contribution in [0, 0.1) is 13.8 Å². The van der Waals surface area contributed by atoms with Crippen molar-refractivity contribution in [1.29, 1.82) is 0 Å². The zero-order valence-electron chi connectivity index (χ0n) is 8.89. The Morgan fingerprint density at radius 2 is 2.07 bits per heavy atom. The van der Waals surface area contributed by atoms with Crippen molar-refractivity contribution in [2.24, 2.45) is 0 Å². The lowest BCUT2D eigenvalue weighted by Crippen LogP contribution is -2.35. The summed E-state index contributed by atoms with van der Waals surface area (Å²) < 4.78 is 11.3. The minimum absolute atomic E-state index is 0.533. The molecule has 0 aliphatic carbocycles. The number of hydrogen-bond donors (Lipinski definition) is 0. The van der Waals surface area contributed by atoms with E-state index in [1.165, 1.54) is 5.56 Å². The quantitative estimate of drug-likeness (QED) is 0.627. The first kappa shape index (κ1) is 9.53. The molecular weight excluding hydrogens is 176 g/mol. The Labute approximate surface area is 84.8 Å². The van der Waals surface area contributed by atoms with E-state index in [0.717, 1.165) is 16.9 Å². The highest BCUT2D eigenvalue weighted by molar-refractivity contribution is 5.46. The van der Waals surface area contributed by atoms with Gasteiger partial charge in [-0.15, -0.1) is 0 Å². The van der Waals surface area contributed by atoms with Crippen LogP contribution >= 0.6 is 0 Å². The molecule has 1 heterocycles. The average molecular weight is 191 g/mol. The van der Waals surface area contributed by atoms with Crippen LogP contribution in [0.25, 0.3) is 0 Å². The van der Waals surface area contributed by atoms with E-state index in [4.69, 9.17) is 9.47 Å². The van der Waals surface area contributed by atoms with Crippen LogP contribution in [0.1, 0.15) is 30.5 Å². The van der Waals surface area contributed by atoms with E-state index in [2.05, 4.69) is 19.9 Å². The molecule has 1 aliphatic rings. The Hall–Kier alpha value is -1.02. The summed E-state index contributed by atoms with van der Waals surface area (Å²) in [5.41, 5.74) is 3.23. The van der Waals surface area contributed by atoms with Gasteiger partial charge < -0.3 is 9.47 Å². The molecular formula is C12H15O2. The highest BCUT2D eigenvalue weighted by atomic mass is 16.7. The Bertz CT molecular complexity index is 367. The molecule has 0 spiro atoms. The van der Waals surface area contributed by atoms with Crippen molar-refractivity contribution in [3.8, 4) is 5.75 Å². The number of fused-ring (bicyclic) bond motifs is 1. The standard InChI is InChI=1S/C12H15O2/c1-8-5-9(2)11-10(6-8)7-13-12(3,4)14-11/h5-6H,2,7H2,1,3-4H3. The van der Waals surface area contributed by atoms with E-state index < -0.39 is 5.79 Å². The molecule has 0 fully saturated rings. The van der Waals surface area contributed by atoms with Gasteiger partial charge in [-0.1, -0.05) is 17.7 Å². The number of benzene rings is 1. The Morgan fingerprint density at radius 3 is 2.79 bits per heavy atom. The Kier molecular flexibility index (Phi) is 2.04. The van der Waals surface area contributed by atoms with Crippen LogP contribution < -0.4 is 4.74 Å². The molecule has 0 atom stereocenters. The third kappa shape index (κ3) is 1.62. The summed E-state index contributed by atoms with van der Waals surface area (Å²) in [6, 6.07) is 4.11. The second kappa shape index (κ2) is 2.99. The van der Waals surface area contributed by atoms with E-state index in [-0.39, 0.29) is 0 Å². The largest absolute Gasteiger partial charge is 0.462 e. The van der Waals surface area contributed by atoms with E-state index in [9.17, 15) is 0 Å². The molecule has 1 aliphatic heterocycles. The molecule has 0 bridgehead atoms. The van der Waals surface area contributed by atoms with E-state index in [1.54, 1.807) is 0 Å². The van der Waals surface area contributed by atoms with Gasteiger partial charge in [0, 0.05) is 19.4 Å². The normalized spacial score (nSPS) is 18.6. The van der Waals surface area contributed by atoms with Gasteiger partial charge in [0.25, 0.3) is 0 Å². The van der Waals surface area contributed by atoms with Gasteiger partial charge in [-0.3, -0.25) is 0 Å². The summed E-state index contributed by atoms with van der Waals surface area (Å²) in [6.07, 6.45) is 0. The van der Waals surface area contributed by atoms with Gasteiger partial charge >= 0.3 is 0 Å². The van der Waals surface area contributed by atoms with Gasteiger partial charge in [-0.05, 0) is 19.4 Å². The van der Waals surface area contributed by atoms with Crippen LogP contribution in [-0.4, -0.2) is 5.79 Å². The van der Waals surface area contributed by atoms with Crippen molar-refractivity contribution >= 4 is 0 Å². The van der Waals surface area contributed by atoms with E-state index in [0.29, 0.717) is 6.61 Å². The lowest BCUT2D eigenvalue weighted by Gasteiger charge is -2.33. The summed E-state index contributed by atoms with van der Waals surface area (Å²) in [5, 5.41) is 0. The number of aryl methyl sites for hydroxylation is 1. The first-order valence-corrected chi connectivity index (χ1v) is 4.76. The van der Waals surface area contributed by atoms with Crippen LogP contribution in [0.15, 0.2) is 12.1 Å². The monoisotopic (exact) mass is 191 g/mol. The average Bonchev–Trinajstić information content (AvgIpc) is 2.06. The van der Waals surface area contributed by atoms with Gasteiger partial charge in [-0.2, -0.15) is 0 Å². The second-order valence-corrected chi connectivity index (χ2v) is 4.20. The topological polar surface area (TPSA) is 18.5 Å². The van der Waals surface area contributed by atoms with E-state index in [1.807, 2.05) is 19.9 Å². The fourth-order valence-corrected chi connectivity index (χ4v) is 1.69. The molecule has 0 N–H and O–H groups in total. The third-order valence-electron chi connectivity index (χ3n) is 2.31. The zero-order chi connectivity index (χ0) is 10.3. The molecule has 0 saturated heterocycles. The van der Waals surface area contributed by atoms with Gasteiger partial charge in [0.1, 0.15) is 5.75 Å². The smallest absolute Gasteiger partial charge is 0.205 e. The maximum atomic E-state index is 5.72. The van der Waals surface area contributed by atoms with Crippen LogP contribution in [0.4, 0.5) is 0 Å². The van der Waals surface area contributed by atoms with Crippen molar-refractivity contribution in [3.63, 3.8) is 0 Å². The molecule has 1 aromatic carbocycles. The molecule has 0 saturated carbocycles. The molecule has 0 aromatic heterocycles. The van der Waals surface area contributed by atoms with Crippen molar-refractivity contribution in [2.45, 2.75) is 33.2 Å². The van der Waals surface area contributed by atoms with Crippen LogP contribution in [0.3, 0.4) is 0 Å². The van der Waals surface area contributed by atoms with Crippen LogP contribution in [-0.2, 0) is 11.3 Å². The lowest BCUT2D eigenvalue weighted by atomic mass is 10.0. The first-order chi connectivity index (χ1) is 6.48. The number of hydrogen-bond acceptors (Lipinski definition) is 2. The predicted molar refractivity (Wildman–Crippen MR) is 55.1 cm³/mol. The highest BCUT2D eigenvalue weighted by Gasteiger charge is 2.28. The summed E-state index contributed by atoms with van der Waals surface area (Å²) >= 11 is 0. The van der Waals surface area contributed by atoms with Crippen molar-refractivity contribution in [3.05, 3.63) is 35.7 Å². The van der Waals surface area contributed by atoms with Gasteiger partial charge in [0.15, 0.2) is 0 Å². The molecule has 2 heteroatoms. The summed E-state index contributed by atoms with van der Waals surface area (Å²) in [4.78, 5) is 0. The minimum Gasteiger partial charge on any atom is -0.462 e. The number of rotatable bonds is 0. The van der Waals surface area contributed by atoms with Crippen LogP contribution in [0.2, 0.25) is 0 Å². The third-order valence-corrected chi connectivity index (χ3v) is 2.31. The molecule has 14 heavy (non-hydrogen) atoms. The summed E-state index contributed by atoms with van der Waals surface area (Å²) in [5.74, 6) is 0.348. The molecule has 2 rings (SSSR count). The van der Waals surface area contributed by atoms with E-state index >= 15 is 0 Å².